The van der Waals surface area contributed by atoms with Crippen molar-refractivity contribution in [2.45, 2.75) is 39.2 Å². The molecule has 0 radical (unpaired) electrons. The van der Waals surface area contributed by atoms with Crippen molar-refractivity contribution < 1.29 is 9.59 Å². The van der Waals surface area contributed by atoms with E-state index in [9.17, 15) is 9.59 Å². The van der Waals surface area contributed by atoms with Crippen molar-refractivity contribution in [3.63, 3.8) is 0 Å². The van der Waals surface area contributed by atoms with Gasteiger partial charge in [0, 0.05) is 49.6 Å². The van der Waals surface area contributed by atoms with Crippen molar-refractivity contribution in [2.24, 2.45) is 0 Å². The quantitative estimate of drug-likeness (QED) is 0.756. The van der Waals surface area contributed by atoms with Crippen LogP contribution in [0.25, 0.3) is 0 Å². The number of hydrogen-bond acceptors (Lipinski definition) is 5. The van der Waals surface area contributed by atoms with Gasteiger partial charge in [0.1, 0.15) is 0 Å². The highest BCUT2D eigenvalue weighted by Gasteiger charge is 2.26. The number of benzene rings is 1. The molecule has 0 atom stereocenters. The van der Waals surface area contributed by atoms with E-state index in [0.717, 1.165) is 49.4 Å². The number of carbonyl (C=O) groups excluding carboxylic acids is 2. The Kier molecular flexibility index (Phi) is 6.13. The van der Waals surface area contributed by atoms with Crippen LogP contribution >= 0.6 is 0 Å². The first-order valence-corrected chi connectivity index (χ1v) is 10.2. The molecule has 154 valence electrons. The summed E-state index contributed by atoms with van der Waals surface area (Å²) >= 11 is 0. The lowest BCUT2D eigenvalue weighted by molar-refractivity contribution is -0.131. The molecule has 1 fully saturated rings. The van der Waals surface area contributed by atoms with E-state index in [1.165, 1.54) is 0 Å². The van der Waals surface area contributed by atoms with Gasteiger partial charge < -0.3 is 20.9 Å². The van der Waals surface area contributed by atoms with Crippen LogP contribution in [-0.2, 0) is 16.0 Å². The lowest BCUT2D eigenvalue weighted by atomic mass is 10.00. The van der Waals surface area contributed by atoms with Gasteiger partial charge in [-0.05, 0) is 51.3 Å². The van der Waals surface area contributed by atoms with Crippen LogP contribution in [0.4, 0.5) is 11.4 Å². The maximum absolute atomic E-state index is 12.8. The summed E-state index contributed by atoms with van der Waals surface area (Å²) in [4.78, 5) is 31.1. The topological polar surface area (TPSA) is 81.9 Å². The minimum absolute atomic E-state index is 0.0368. The fourth-order valence-electron chi connectivity index (χ4n) is 3.97. The summed E-state index contributed by atoms with van der Waals surface area (Å²) in [5.41, 5.74) is 8.97. The molecule has 2 amide bonds. The number of fused-ring (bicyclic) bond motifs is 1. The zero-order chi connectivity index (χ0) is 20.3. The number of rotatable bonds is 4. The lowest BCUT2D eigenvalue weighted by Gasteiger charge is -2.37. The minimum Gasteiger partial charge on any atom is -0.398 e. The zero-order valence-electron chi connectivity index (χ0n) is 17.3. The second kappa shape index (κ2) is 8.39. The van der Waals surface area contributed by atoms with Gasteiger partial charge in [0.05, 0.1) is 13.1 Å². The zero-order valence-corrected chi connectivity index (χ0v) is 17.3. The maximum atomic E-state index is 12.8. The molecule has 0 saturated carbocycles. The fourth-order valence-corrected chi connectivity index (χ4v) is 3.97. The molecule has 0 aliphatic carbocycles. The molecule has 3 rings (SSSR count). The van der Waals surface area contributed by atoms with Crippen molar-refractivity contribution in [1.82, 2.24) is 15.1 Å². The standard InChI is InChI=1S/C21H33N5O2/c1-21(2,3)23-19(27)14-24-10-12-25(13-11-24)20(28)15-26-9-5-6-16-17(22)7-4-8-18(16)26/h4,7-8H,5-6,9-15,22H2,1-3H3,(H,23,27). The third-order valence-electron chi connectivity index (χ3n) is 5.32. The molecule has 2 heterocycles. The van der Waals surface area contributed by atoms with Gasteiger partial charge in [-0.25, -0.2) is 0 Å². The van der Waals surface area contributed by atoms with Crippen LogP contribution in [-0.4, -0.2) is 73.0 Å². The Bertz CT molecular complexity index is 720. The molecule has 7 heteroatoms. The molecule has 3 N–H and O–H groups in total. The number of nitrogens with zero attached hydrogens (tertiary/aromatic N) is 3. The summed E-state index contributed by atoms with van der Waals surface area (Å²) in [6, 6.07) is 5.95. The number of hydrogen-bond donors (Lipinski definition) is 2. The third-order valence-corrected chi connectivity index (χ3v) is 5.32. The van der Waals surface area contributed by atoms with Gasteiger partial charge in [0.15, 0.2) is 0 Å². The van der Waals surface area contributed by atoms with Crippen molar-refractivity contribution in [2.75, 3.05) is 56.4 Å². The van der Waals surface area contributed by atoms with Crippen LogP contribution in [0.2, 0.25) is 0 Å². The van der Waals surface area contributed by atoms with Gasteiger partial charge in [-0.2, -0.15) is 0 Å². The van der Waals surface area contributed by atoms with E-state index in [-0.39, 0.29) is 17.4 Å². The number of nitrogen functional groups attached to an aromatic ring is 1. The Labute approximate surface area is 167 Å². The Balaban J connectivity index is 1.50. The number of nitrogens with two attached hydrogens (primary N) is 1. The molecule has 1 saturated heterocycles. The van der Waals surface area contributed by atoms with E-state index >= 15 is 0 Å². The lowest BCUT2D eigenvalue weighted by Crippen LogP contribution is -2.54. The van der Waals surface area contributed by atoms with Crippen molar-refractivity contribution in [1.29, 1.82) is 0 Å². The van der Waals surface area contributed by atoms with E-state index in [1.54, 1.807) is 0 Å². The van der Waals surface area contributed by atoms with Gasteiger partial charge in [-0.1, -0.05) is 6.07 Å². The summed E-state index contributed by atoms with van der Waals surface area (Å²) in [5.74, 6) is 0.184. The maximum Gasteiger partial charge on any atom is 0.242 e. The summed E-state index contributed by atoms with van der Waals surface area (Å²) in [7, 11) is 0. The summed E-state index contributed by atoms with van der Waals surface area (Å²) in [6.07, 6.45) is 1.99. The molecule has 0 bridgehead atoms. The van der Waals surface area contributed by atoms with Gasteiger partial charge in [0.2, 0.25) is 11.8 Å². The van der Waals surface area contributed by atoms with Crippen LogP contribution in [0.15, 0.2) is 18.2 Å². The number of piperazine rings is 1. The van der Waals surface area contributed by atoms with Gasteiger partial charge in [0.25, 0.3) is 0 Å². The van der Waals surface area contributed by atoms with Crippen molar-refractivity contribution in [3.05, 3.63) is 23.8 Å². The van der Waals surface area contributed by atoms with Gasteiger partial charge in [-0.15, -0.1) is 0 Å². The average Bonchev–Trinajstić information content (AvgIpc) is 2.61. The Morgan fingerprint density at radius 3 is 2.46 bits per heavy atom. The van der Waals surface area contributed by atoms with Crippen molar-refractivity contribution in [3.8, 4) is 0 Å². The molecule has 7 nitrogen and oxygen atoms in total. The minimum atomic E-state index is -0.219. The normalized spacial score (nSPS) is 18.0. The predicted octanol–water partition coefficient (Wildman–Crippen LogP) is 1.08. The van der Waals surface area contributed by atoms with Crippen LogP contribution < -0.4 is 16.0 Å². The van der Waals surface area contributed by atoms with E-state index in [1.807, 2.05) is 37.8 Å². The summed E-state index contributed by atoms with van der Waals surface area (Å²) < 4.78 is 0. The first-order valence-electron chi connectivity index (χ1n) is 10.2. The number of anilines is 2. The molecule has 0 spiro atoms. The van der Waals surface area contributed by atoms with Crippen molar-refractivity contribution >= 4 is 23.2 Å². The second-order valence-electron chi connectivity index (χ2n) is 8.83. The molecule has 1 aromatic rings. The second-order valence-corrected chi connectivity index (χ2v) is 8.83. The molecule has 1 aromatic carbocycles. The Hall–Kier alpha value is -2.28. The third kappa shape index (κ3) is 5.16. The van der Waals surface area contributed by atoms with Gasteiger partial charge >= 0.3 is 0 Å². The van der Waals surface area contributed by atoms with E-state index in [0.29, 0.717) is 26.2 Å². The molecular weight excluding hydrogens is 354 g/mol. The first kappa shape index (κ1) is 20.5. The molecule has 2 aliphatic heterocycles. The number of carbonyl (C=O) groups is 2. The van der Waals surface area contributed by atoms with Crippen LogP contribution in [0.3, 0.4) is 0 Å². The Morgan fingerprint density at radius 2 is 1.79 bits per heavy atom. The molecule has 0 unspecified atom stereocenters. The first-order chi connectivity index (χ1) is 13.2. The van der Waals surface area contributed by atoms with Crippen LogP contribution in [0.5, 0.6) is 0 Å². The smallest absolute Gasteiger partial charge is 0.242 e. The fraction of sp³-hybridized carbons (Fsp3) is 0.619. The highest BCUT2D eigenvalue weighted by molar-refractivity contribution is 5.83. The largest absolute Gasteiger partial charge is 0.398 e. The van der Waals surface area contributed by atoms with Crippen LogP contribution in [0.1, 0.15) is 32.8 Å². The Morgan fingerprint density at radius 1 is 1.07 bits per heavy atom. The summed E-state index contributed by atoms with van der Waals surface area (Å²) in [5, 5.41) is 2.99. The molecular formula is C21H33N5O2. The van der Waals surface area contributed by atoms with E-state index in [4.69, 9.17) is 5.73 Å². The number of amides is 2. The summed E-state index contributed by atoms with van der Waals surface area (Å²) in [6.45, 7) is 10.4. The van der Waals surface area contributed by atoms with E-state index < -0.39 is 0 Å². The number of nitrogens with one attached hydrogen (secondary N) is 1. The molecule has 0 aromatic heterocycles. The monoisotopic (exact) mass is 387 g/mol. The average molecular weight is 388 g/mol. The molecule has 28 heavy (non-hydrogen) atoms. The van der Waals surface area contributed by atoms with E-state index in [2.05, 4.69) is 21.2 Å². The predicted molar refractivity (Wildman–Crippen MR) is 112 cm³/mol. The highest BCUT2D eigenvalue weighted by Crippen LogP contribution is 2.31. The van der Waals surface area contributed by atoms with Gasteiger partial charge in [-0.3, -0.25) is 14.5 Å². The van der Waals surface area contributed by atoms with Crippen LogP contribution in [0, 0.1) is 0 Å². The molecule has 2 aliphatic rings. The highest BCUT2D eigenvalue weighted by atomic mass is 16.2. The SMILES string of the molecule is CC(C)(C)NC(=O)CN1CCN(C(=O)CN2CCCc3c(N)cccc32)CC1.